The molecule has 0 N–H and O–H groups in total. The zero-order valence-electron chi connectivity index (χ0n) is 5.36. The van der Waals surface area contributed by atoms with Crippen molar-refractivity contribution in [2.75, 3.05) is 0 Å². The number of hydrogen-bond acceptors (Lipinski definition) is 0. The minimum Gasteiger partial charge on any atom is -0.123 e. The Morgan fingerprint density at radius 3 is 2.25 bits per heavy atom. The first-order valence-corrected chi connectivity index (χ1v) is 3.88. The summed E-state index contributed by atoms with van der Waals surface area (Å²) in [7, 11) is 0. The topological polar surface area (TPSA) is 0 Å². The SMILES string of the molecule is C[C@H]1CCCC[C@H]1Cl. The van der Waals surface area contributed by atoms with Crippen molar-refractivity contribution in [2.24, 2.45) is 5.92 Å². The molecule has 0 nitrogen and oxygen atoms in total. The molecule has 0 unspecified atom stereocenters. The Hall–Kier alpha value is 0.290. The molecule has 1 heteroatoms. The molecule has 1 rings (SSSR count). The number of halogens is 1. The summed E-state index contributed by atoms with van der Waals surface area (Å²) in [6, 6.07) is 0. The Morgan fingerprint density at radius 2 is 1.88 bits per heavy atom. The van der Waals surface area contributed by atoms with Crippen LogP contribution in [0.3, 0.4) is 0 Å². The number of hydrogen-bond donors (Lipinski definition) is 0. The van der Waals surface area contributed by atoms with E-state index in [2.05, 4.69) is 6.92 Å². The molecular weight excluding hydrogens is 120 g/mol. The van der Waals surface area contributed by atoms with Gasteiger partial charge in [-0.15, -0.1) is 11.6 Å². The highest BCUT2D eigenvalue weighted by Gasteiger charge is 2.17. The fourth-order valence-corrected chi connectivity index (χ4v) is 1.55. The molecule has 0 radical (unpaired) electrons. The highest BCUT2D eigenvalue weighted by atomic mass is 35.5. The molecule has 0 bridgehead atoms. The van der Waals surface area contributed by atoms with E-state index in [9.17, 15) is 0 Å². The minimum atomic E-state index is 0.476. The van der Waals surface area contributed by atoms with Crippen molar-refractivity contribution in [2.45, 2.75) is 38.0 Å². The van der Waals surface area contributed by atoms with Gasteiger partial charge in [-0.3, -0.25) is 0 Å². The summed E-state index contributed by atoms with van der Waals surface area (Å²) in [6.07, 6.45) is 5.32. The first-order valence-electron chi connectivity index (χ1n) is 3.45. The molecule has 8 heavy (non-hydrogen) atoms. The Balaban J connectivity index is 2.28. The molecule has 0 aromatic heterocycles. The lowest BCUT2D eigenvalue weighted by Crippen LogP contribution is -2.15. The Bertz CT molecular complexity index is 60.8. The van der Waals surface area contributed by atoms with Crippen LogP contribution >= 0.6 is 11.6 Å². The number of alkyl halides is 1. The molecule has 1 aliphatic carbocycles. The third kappa shape index (κ3) is 1.38. The zero-order valence-corrected chi connectivity index (χ0v) is 6.12. The van der Waals surface area contributed by atoms with Crippen molar-refractivity contribution in [3.63, 3.8) is 0 Å². The molecule has 1 fully saturated rings. The van der Waals surface area contributed by atoms with E-state index in [0.29, 0.717) is 5.38 Å². The van der Waals surface area contributed by atoms with Crippen LogP contribution in [0.4, 0.5) is 0 Å². The molecule has 1 aliphatic rings. The Kier molecular flexibility index (Phi) is 2.18. The monoisotopic (exact) mass is 132 g/mol. The van der Waals surface area contributed by atoms with Gasteiger partial charge >= 0.3 is 0 Å². The van der Waals surface area contributed by atoms with Crippen LogP contribution in [0.2, 0.25) is 0 Å². The first kappa shape index (κ1) is 6.41. The maximum Gasteiger partial charge on any atom is 0.0361 e. The van der Waals surface area contributed by atoms with Crippen LogP contribution in [0.5, 0.6) is 0 Å². The lowest BCUT2D eigenvalue weighted by Gasteiger charge is -2.22. The highest BCUT2D eigenvalue weighted by Crippen LogP contribution is 2.27. The van der Waals surface area contributed by atoms with Gasteiger partial charge in [0, 0.05) is 5.38 Å². The van der Waals surface area contributed by atoms with Gasteiger partial charge in [-0.2, -0.15) is 0 Å². The van der Waals surface area contributed by atoms with Crippen LogP contribution in [0.15, 0.2) is 0 Å². The average Bonchev–Trinajstić information content (AvgIpc) is 1.77. The summed E-state index contributed by atoms with van der Waals surface area (Å²) < 4.78 is 0. The molecule has 2 atom stereocenters. The van der Waals surface area contributed by atoms with Crippen LogP contribution < -0.4 is 0 Å². The van der Waals surface area contributed by atoms with Crippen molar-refractivity contribution in [1.82, 2.24) is 0 Å². The van der Waals surface area contributed by atoms with E-state index >= 15 is 0 Å². The number of rotatable bonds is 0. The third-order valence-corrected chi connectivity index (χ3v) is 2.66. The van der Waals surface area contributed by atoms with Gasteiger partial charge in [0.2, 0.25) is 0 Å². The van der Waals surface area contributed by atoms with E-state index < -0.39 is 0 Å². The fourth-order valence-electron chi connectivity index (χ4n) is 1.27. The predicted octanol–water partition coefficient (Wildman–Crippen LogP) is 2.80. The molecule has 0 heterocycles. The molecule has 0 aromatic carbocycles. The van der Waals surface area contributed by atoms with Gasteiger partial charge in [0.05, 0.1) is 0 Å². The van der Waals surface area contributed by atoms with Gasteiger partial charge in [-0.05, 0) is 18.8 Å². The summed E-state index contributed by atoms with van der Waals surface area (Å²) in [5, 5.41) is 0.476. The summed E-state index contributed by atoms with van der Waals surface area (Å²) in [6.45, 7) is 2.25. The van der Waals surface area contributed by atoms with Gasteiger partial charge in [0.15, 0.2) is 0 Å². The first-order chi connectivity index (χ1) is 3.80. The second kappa shape index (κ2) is 2.72. The summed E-state index contributed by atoms with van der Waals surface area (Å²) in [5.41, 5.74) is 0. The molecular formula is C7H13Cl. The third-order valence-electron chi connectivity index (χ3n) is 2.01. The standard InChI is InChI=1S/C7H13Cl/c1-6-4-2-3-5-7(6)8/h6-7H,2-5H2,1H3/t6-,7+/m0/s1. The Morgan fingerprint density at radius 1 is 1.25 bits per heavy atom. The van der Waals surface area contributed by atoms with Crippen LogP contribution in [0.1, 0.15) is 32.6 Å². The molecule has 1 saturated carbocycles. The van der Waals surface area contributed by atoms with E-state index in [1.54, 1.807) is 0 Å². The van der Waals surface area contributed by atoms with Crippen LogP contribution in [-0.2, 0) is 0 Å². The van der Waals surface area contributed by atoms with Crippen molar-refractivity contribution >= 4 is 11.6 Å². The van der Waals surface area contributed by atoms with E-state index in [1.165, 1.54) is 25.7 Å². The van der Waals surface area contributed by atoms with Crippen molar-refractivity contribution in [3.8, 4) is 0 Å². The van der Waals surface area contributed by atoms with Crippen LogP contribution in [-0.4, -0.2) is 5.38 Å². The van der Waals surface area contributed by atoms with Gasteiger partial charge in [-0.1, -0.05) is 19.8 Å². The van der Waals surface area contributed by atoms with Crippen LogP contribution in [0, 0.1) is 5.92 Å². The largest absolute Gasteiger partial charge is 0.123 e. The average molecular weight is 133 g/mol. The molecule has 48 valence electrons. The lowest BCUT2D eigenvalue weighted by atomic mass is 9.90. The smallest absolute Gasteiger partial charge is 0.0361 e. The summed E-state index contributed by atoms with van der Waals surface area (Å²) in [4.78, 5) is 0. The van der Waals surface area contributed by atoms with Crippen LogP contribution in [0.25, 0.3) is 0 Å². The summed E-state index contributed by atoms with van der Waals surface area (Å²) in [5.74, 6) is 0.769. The van der Waals surface area contributed by atoms with Gasteiger partial charge in [-0.25, -0.2) is 0 Å². The molecule has 0 aliphatic heterocycles. The zero-order chi connectivity index (χ0) is 5.98. The summed E-state index contributed by atoms with van der Waals surface area (Å²) >= 11 is 5.97. The Labute approximate surface area is 56.2 Å². The minimum absolute atomic E-state index is 0.476. The predicted molar refractivity (Wildman–Crippen MR) is 37.3 cm³/mol. The second-order valence-corrected chi connectivity index (χ2v) is 3.34. The fraction of sp³-hybridized carbons (Fsp3) is 1.00. The van der Waals surface area contributed by atoms with E-state index in [-0.39, 0.29) is 0 Å². The quantitative estimate of drug-likeness (QED) is 0.445. The second-order valence-electron chi connectivity index (χ2n) is 2.78. The highest BCUT2D eigenvalue weighted by molar-refractivity contribution is 6.20. The van der Waals surface area contributed by atoms with E-state index in [1.807, 2.05) is 0 Å². The van der Waals surface area contributed by atoms with Crippen molar-refractivity contribution < 1.29 is 0 Å². The normalized spacial score (nSPS) is 39.8. The molecule has 0 aromatic rings. The van der Waals surface area contributed by atoms with E-state index in [4.69, 9.17) is 11.6 Å². The van der Waals surface area contributed by atoms with Crippen molar-refractivity contribution in [1.29, 1.82) is 0 Å². The molecule has 0 spiro atoms. The van der Waals surface area contributed by atoms with E-state index in [0.717, 1.165) is 5.92 Å². The maximum absolute atomic E-state index is 5.97. The van der Waals surface area contributed by atoms with Gasteiger partial charge in [0.25, 0.3) is 0 Å². The van der Waals surface area contributed by atoms with Crippen molar-refractivity contribution in [3.05, 3.63) is 0 Å². The van der Waals surface area contributed by atoms with Gasteiger partial charge < -0.3 is 0 Å². The molecule has 0 saturated heterocycles. The van der Waals surface area contributed by atoms with Gasteiger partial charge in [0.1, 0.15) is 0 Å². The maximum atomic E-state index is 5.97. The lowest BCUT2D eigenvalue weighted by molar-refractivity contribution is 0.392. The molecule has 0 amide bonds.